The van der Waals surface area contributed by atoms with Gasteiger partial charge in [0.15, 0.2) is 0 Å². The van der Waals surface area contributed by atoms with Crippen LogP contribution in [0, 0.1) is 0 Å². The van der Waals surface area contributed by atoms with Crippen molar-refractivity contribution in [3.05, 3.63) is 35.9 Å². The molecule has 0 radical (unpaired) electrons. The maximum Gasteiger partial charge on any atom is 0.214 e. The minimum absolute atomic E-state index is 0.0429. The van der Waals surface area contributed by atoms with E-state index in [2.05, 4.69) is 0 Å². The normalized spacial score (nSPS) is 22.7. The summed E-state index contributed by atoms with van der Waals surface area (Å²) in [5.41, 5.74) is 1.06. The van der Waals surface area contributed by atoms with Crippen LogP contribution in [0.15, 0.2) is 30.3 Å². The fourth-order valence-corrected chi connectivity index (χ4v) is 3.73. The SMILES string of the molecule is CC(c1ccccc1)N1CCCS1(=O)=O. The molecule has 1 aliphatic heterocycles. The highest BCUT2D eigenvalue weighted by molar-refractivity contribution is 7.89. The Hall–Kier alpha value is -0.870. The van der Waals surface area contributed by atoms with Gasteiger partial charge in [-0.1, -0.05) is 30.3 Å². The van der Waals surface area contributed by atoms with Crippen LogP contribution < -0.4 is 0 Å². The van der Waals surface area contributed by atoms with Crippen LogP contribution in [0.3, 0.4) is 0 Å². The Kier molecular flexibility index (Phi) is 2.80. The van der Waals surface area contributed by atoms with E-state index in [0.717, 1.165) is 12.0 Å². The number of nitrogens with zero attached hydrogens (tertiary/aromatic N) is 1. The van der Waals surface area contributed by atoms with Crippen LogP contribution in [0.5, 0.6) is 0 Å². The summed E-state index contributed by atoms with van der Waals surface area (Å²) in [6.45, 7) is 2.59. The molecule has 4 heteroatoms. The Labute approximate surface area is 90.8 Å². The lowest BCUT2D eigenvalue weighted by Gasteiger charge is -2.22. The van der Waals surface area contributed by atoms with E-state index in [4.69, 9.17) is 0 Å². The Morgan fingerprint density at radius 3 is 2.47 bits per heavy atom. The molecule has 0 spiro atoms. The van der Waals surface area contributed by atoms with E-state index in [1.165, 1.54) is 0 Å². The van der Waals surface area contributed by atoms with Crippen LogP contribution in [0.25, 0.3) is 0 Å². The van der Waals surface area contributed by atoms with Crippen molar-refractivity contribution >= 4 is 10.0 Å². The van der Waals surface area contributed by atoms with E-state index in [9.17, 15) is 8.42 Å². The molecule has 1 heterocycles. The van der Waals surface area contributed by atoms with E-state index >= 15 is 0 Å². The molecule has 82 valence electrons. The number of sulfonamides is 1. The van der Waals surface area contributed by atoms with E-state index in [0.29, 0.717) is 12.3 Å². The smallest absolute Gasteiger partial charge is 0.212 e. The van der Waals surface area contributed by atoms with Crippen molar-refractivity contribution in [2.24, 2.45) is 0 Å². The van der Waals surface area contributed by atoms with Gasteiger partial charge >= 0.3 is 0 Å². The minimum atomic E-state index is -3.00. The fraction of sp³-hybridized carbons (Fsp3) is 0.455. The zero-order chi connectivity index (χ0) is 10.9. The van der Waals surface area contributed by atoms with Gasteiger partial charge in [-0.2, -0.15) is 4.31 Å². The molecule has 1 aromatic rings. The van der Waals surface area contributed by atoms with Crippen LogP contribution in [-0.4, -0.2) is 25.0 Å². The van der Waals surface area contributed by atoms with Gasteiger partial charge in [0.05, 0.1) is 5.75 Å². The van der Waals surface area contributed by atoms with Crippen molar-refractivity contribution < 1.29 is 8.42 Å². The summed E-state index contributed by atoms with van der Waals surface area (Å²) >= 11 is 0. The molecule has 1 atom stereocenters. The Morgan fingerprint density at radius 1 is 1.27 bits per heavy atom. The molecule has 15 heavy (non-hydrogen) atoms. The predicted octanol–water partition coefficient (Wildman–Crippen LogP) is 1.78. The van der Waals surface area contributed by atoms with Gasteiger partial charge in [-0.25, -0.2) is 8.42 Å². The van der Waals surface area contributed by atoms with Crippen LogP contribution in [0.2, 0.25) is 0 Å². The first-order valence-corrected chi connectivity index (χ1v) is 6.76. The highest BCUT2D eigenvalue weighted by Gasteiger charge is 2.32. The number of rotatable bonds is 2. The third kappa shape index (κ3) is 2.06. The first-order chi connectivity index (χ1) is 7.11. The molecule has 0 bridgehead atoms. The molecule has 0 amide bonds. The monoisotopic (exact) mass is 225 g/mol. The highest BCUT2D eigenvalue weighted by Crippen LogP contribution is 2.27. The molecule has 0 aromatic heterocycles. The third-order valence-corrected chi connectivity index (χ3v) is 4.87. The topological polar surface area (TPSA) is 37.4 Å². The Bertz CT molecular complexity index is 427. The number of benzene rings is 1. The quantitative estimate of drug-likeness (QED) is 0.769. The summed E-state index contributed by atoms with van der Waals surface area (Å²) in [5, 5.41) is 0. The maximum absolute atomic E-state index is 11.7. The van der Waals surface area contributed by atoms with Gasteiger partial charge in [0, 0.05) is 12.6 Å². The van der Waals surface area contributed by atoms with Crippen molar-refractivity contribution in [2.45, 2.75) is 19.4 Å². The van der Waals surface area contributed by atoms with E-state index in [1.54, 1.807) is 4.31 Å². The average molecular weight is 225 g/mol. The molecular formula is C11H15NO2S. The summed E-state index contributed by atoms with van der Waals surface area (Å²) in [5.74, 6) is 0.296. The second-order valence-corrected chi connectivity index (χ2v) is 5.91. The second kappa shape index (κ2) is 3.94. The molecule has 3 nitrogen and oxygen atoms in total. The van der Waals surface area contributed by atoms with E-state index in [1.807, 2.05) is 37.3 Å². The molecule has 1 saturated heterocycles. The Balaban J connectivity index is 2.26. The molecule has 0 aliphatic carbocycles. The molecular weight excluding hydrogens is 210 g/mol. The Morgan fingerprint density at radius 2 is 1.93 bits per heavy atom. The molecule has 1 aliphatic rings. The van der Waals surface area contributed by atoms with Crippen molar-refractivity contribution in [2.75, 3.05) is 12.3 Å². The molecule has 1 unspecified atom stereocenters. The van der Waals surface area contributed by atoms with E-state index in [-0.39, 0.29) is 6.04 Å². The molecule has 0 saturated carbocycles. The van der Waals surface area contributed by atoms with Gasteiger partial charge in [-0.15, -0.1) is 0 Å². The van der Waals surface area contributed by atoms with Gasteiger partial charge in [-0.3, -0.25) is 0 Å². The molecule has 2 rings (SSSR count). The van der Waals surface area contributed by atoms with E-state index < -0.39 is 10.0 Å². The standard InChI is InChI=1S/C11H15NO2S/c1-10(11-6-3-2-4-7-11)12-8-5-9-15(12,13)14/h2-4,6-7,10H,5,8-9H2,1H3. The van der Waals surface area contributed by atoms with Crippen LogP contribution in [0.1, 0.15) is 24.9 Å². The molecule has 0 N–H and O–H groups in total. The fourth-order valence-electron chi connectivity index (χ4n) is 1.99. The number of hydrogen-bond donors (Lipinski definition) is 0. The first-order valence-electron chi connectivity index (χ1n) is 5.16. The molecule has 1 fully saturated rings. The summed E-state index contributed by atoms with van der Waals surface area (Å²) in [6.07, 6.45) is 0.750. The highest BCUT2D eigenvalue weighted by atomic mass is 32.2. The van der Waals surface area contributed by atoms with Crippen molar-refractivity contribution in [1.29, 1.82) is 0 Å². The average Bonchev–Trinajstić information content (AvgIpc) is 2.58. The second-order valence-electron chi connectivity index (χ2n) is 3.87. The summed E-state index contributed by atoms with van der Waals surface area (Å²) in [4.78, 5) is 0. The summed E-state index contributed by atoms with van der Waals surface area (Å²) < 4.78 is 25.0. The van der Waals surface area contributed by atoms with Gasteiger partial charge in [0.2, 0.25) is 10.0 Å². The molecule has 1 aromatic carbocycles. The van der Waals surface area contributed by atoms with Gasteiger partial charge in [-0.05, 0) is 18.9 Å². The van der Waals surface area contributed by atoms with Crippen molar-refractivity contribution in [3.63, 3.8) is 0 Å². The van der Waals surface area contributed by atoms with Crippen molar-refractivity contribution in [1.82, 2.24) is 4.31 Å². The van der Waals surface area contributed by atoms with Gasteiger partial charge in [0.1, 0.15) is 0 Å². The lowest BCUT2D eigenvalue weighted by molar-refractivity contribution is 0.369. The lowest BCUT2D eigenvalue weighted by Crippen LogP contribution is -2.28. The summed E-state index contributed by atoms with van der Waals surface area (Å²) in [6, 6.07) is 9.72. The number of hydrogen-bond acceptors (Lipinski definition) is 2. The maximum atomic E-state index is 11.7. The minimum Gasteiger partial charge on any atom is -0.212 e. The zero-order valence-electron chi connectivity index (χ0n) is 8.76. The van der Waals surface area contributed by atoms with Crippen LogP contribution >= 0.6 is 0 Å². The van der Waals surface area contributed by atoms with Crippen LogP contribution in [0.4, 0.5) is 0 Å². The largest absolute Gasteiger partial charge is 0.214 e. The first kappa shape index (κ1) is 10.6. The van der Waals surface area contributed by atoms with Crippen LogP contribution in [-0.2, 0) is 10.0 Å². The van der Waals surface area contributed by atoms with Crippen molar-refractivity contribution in [3.8, 4) is 0 Å². The predicted molar refractivity (Wildman–Crippen MR) is 60.0 cm³/mol. The lowest BCUT2D eigenvalue weighted by atomic mass is 10.1. The summed E-state index contributed by atoms with van der Waals surface area (Å²) in [7, 11) is -3.00. The van der Waals surface area contributed by atoms with Gasteiger partial charge < -0.3 is 0 Å². The van der Waals surface area contributed by atoms with Gasteiger partial charge in [0.25, 0.3) is 0 Å². The third-order valence-electron chi connectivity index (χ3n) is 2.85. The zero-order valence-corrected chi connectivity index (χ0v) is 9.57.